The van der Waals surface area contributed by atoms with Crippen molar-refractivity contribution in [1.29, 1.82) is 5.26 Å². The number of aromatic amines is 2. The molecule has 0 unspecified atom stereocenters. The Labute approximate surface area is 165 Å². The zero-order valence-electron chi connectivity index (χ0n) is 15.8. The summed E-state index contributed by atoms with van der Waals surface area (Å²) in [7, 11) is 0. The smallest absolute Gasteiger partial charge is 0.149 e. The lowest BCUT2D eigenvalue weighted by atomic mass is 10.0. The number of rotatable bonds is 5. The van der Waals surface area contributed by atoms with Gasteiger partial charge in [-0.15, -0.1) is 0 Å². The molecule has 9 nitrogen and oxygen atoms in total. The molecular formula is C19H18FN9. The zero-order valence-corrected chi connectivity index (χ0v) is 15.8. The molecule has 3 aromatic heterocycles. The molecule has 10 heteroatoms. The molecule has 0 saturated heterocycles. The molecule has 0 fully saturated rings. The van der Waals surface area contributed by atoms with Crippen molar-refractivity contribution in [3.8, 4) is 17.2 Å². The second-order valence-electron chi connectivity index (χ2n) is 6.61. The van der Waals surface area contributed by atoms with Gasteiger partial charge < -0.3 is 16.0 Å². The van der Waals surface area contributed by atoms with E-state index in [-0.39, 0.29) is 17.2 Å². The summed E-state index contributed by atoms with van der Waals surface area (Å²) in [5, 5.41) is 19.1. The number of nitriles is 1. The first-order valence-corrected chi connectivity index (χ1v) is 8.92. The number of H-pyrrole nitrogens is 2. The monoisotopic (exact) mass is 391 g/mol. The van der Waals surface area contributed by atoms with E-state index in [1.54, 1.807) is 6.20 Å². The van der Waals surface area contributed by atoms with Crippen LogP contribution >= 0.6 is 0 Å². The Morgan fingerprint density at radius 2 is 2.14 bits per heavy atom. The van der Waals surface area contributed by atoms with Crippen LogP contribution in [0.3, 0.4) is 0 Å². The lowest BCUT2D eigenvalue weighted by molar-refractivity contribution is 0.631. The summed E-state index contributed by atoms with van der Waals surface area (Å²) >= 11 is 0. The van der Waals surface area contributed by atoms with Crippen LogP contribution in [-0.2, 0) is 6.42 Å². The number of benzene rings is 1. The zero-order chi connectivity index (χ0) is 20.5. The van der Waals surface area contributed by atoms with Crippen LogP contribution in [0, 0.1) is 31.0 Å². The summed E-state index contributed by atoms with van der Waals surface area (Å²) in [6, 6.07) is 3.47. The van der Waals surface area contributed by atoms with Crippen LogP contribution < -0.4 is 11.1 Å². The Morgan fingerprint density at radius 1 is 1.31 bits per heavy atom. The van der Waals surface area contributed by atoms with Crippen molar-refractivity contribution in [3.05, 3.63) is 47.1 Å². The number of nitrogens with two attached hydrogens (primary N) is 1. The van der Waals surface area contributed by atoms with Gasteiger partial charge in [-0.25, -0.2) is 19.3 Å². The Morgan fingerprint density at radius 3 is 2.86 bits per heavy atom. The molecule has 0 radical (unpaired) electrons. The minimum Gasteiger partial charge on any atom is -0.382 e. The fraction of sp³-hybridized carbons (Fsp3) is 0.211. The highest BCUT2D eigenvalue weighted by atomic mass is 19.1. The molecule has 0 aliphatic carbocycles. The average Bonchev–Trinajstić information content (AvgIpc) is 3.29. The van der Waals surface area contributed by atoms with Crippen molar-refractivity contribution < 1.29 is 4.39 Å². The maximum absolute atomic E-state index is 14.8. The number of halogens is 1. The van der Waals surface area contributed by atoms with E-state index in [0.717, 1.165) is 5.56 Å². The Bertz CT molecular complexity index is 1250. The third-order valence-electron chi connectivity index (χ3n) is 4.70. The van der Waals surface area contributed by atoms with E-state index in [4.69, 9.17) is 5.73 Å². The largest absolute Gasteiger partial charge is 0.382 e. The van der Waals surface area contributed by atoms with Crippen LogP contribution in [0.4, 0.5) is 16.0 Å². The lowest BCUT2D eigenvalue weighted by Crippen LogP contribution is -2.10. The molecule has 29 heavy (non-hydrogen) atoms. The summed E-state index contributed by atoms with van der Waals surface area (Å²) in [4.78, 5) is 15.7. The number of fused-ring (bicyclic) bond motifs is 1. The molecular weight excluding hydrogens is 373 g/mol. The number of hydrogen-bond donors (Lipinski definition) is 4. The van der Waals surface area contributed by atoms with Crippen molar-refractivity contribution in [3.63, 3.8) is 0 Å². The first kappa shape index (κ1) is 18.4. The second kappa shape index (κ2) is 7.20. The van der Waals surface area contributed by atoms with Gasteiger partial charge >= 0.3 is 0 Å². The summed E-state index contributed by atoms with van der Waals surface area (Å²) in [5.41, 5.74) is 9.82. The van der Waals surface area contributed by atoms with E-state index in [1.807, 2.05) is 19.9 Å². The van der Waals surface area contributed by atoms with E-state index in [2.05, 4.69) is 35.5 Å². The predicted octanol–water partition coefficient (Wildman–Crippen LogP) is 2.61. The van der Waals surface area contributed by atoms with Crippen LogP contribution in [0.25, 0.3) is 22.2 Å². The van der Waals surface area contributed by atoms with Crippen LogP contribution in [0.1, 0.15) is 22.6 Å². The van der Waals surface area contributed by atoms with Gasteiger partial charge in [-0.3, -0.25) is 5.10 Å². The van der Waals surface area contributed by atoms with Crippen LogP contribution in [-0.4, -0.2) is 36.7 Å². The number of anilines is 2. The first-order valence-electron chi connectivity index (χ1n) is 8.92. The van der Waals surface area contributed by atoms with Crippen molar-refractivity contribution >= 4 is 22.7 Å². The Kier molecular flexibility index (Phi) is 4.56. The third kappa shape index (κ3) is 3.23. The van der Waals surface area contributed by atoms with Gasteiger partial charge in [0.15, 0.2) is 0 Å². The van der Waals surface area contributed by atoms with E-state index in [9.17, 15) is 9.65 Å². The normalized spacial score (nSPS) is 11.0. The van der Waals surface area contributed by atoms with E-state index < -0.39 is 0 Å². The highest BCUT2D eigenvalue weighted by Gasteiger charge is 2.19. The van der Waals surface area contributed by atoms with Crippen molar-refractivity contribution in [2.75, 3.05) is 17.6 Å². The highest BCUT2D eigenvalue weighted by molar-refractivity contribution is 5.94. The Balaban J connectivity index is 1.63. The fourth-order valence-electron chi connectivity index (χ4n) is 3.27. The topological polar surface area (TPSA) is 145 Å². The molecule has 5 N–H and O–H groups in total. The van der Waals surface area contributed by atoms with Gasteiger partial charge in [-0.05, 0) is 25.5 Å². The van der Waals surface area contributed by atoms with Crippen LogP contribution in [0.15, 0.2) is 18.6 Å². The molecule has 0 amide bonds. The van der Waals surface area contributed by atoms with Gasteiger partial charge in [0.1, 0.15) is 41.2 Å². The number of nitrogens with one attached hydrogen (secondary N) is 3. The number of aromatic nitrogens is 6. The number of aryl methyl sites for hydroxylation is 2. The maximum Gasteiger partial charge on any atom is 0.149 e. The van der Waals surface area contributed by atoms with Gasteiger partial charge in [-0.2, -0.15) is 10.4 Å². The molecule has 4 rings (SSSR count). The minimum atomic E-state index is -0.331. The number of nitrogen functional groups attached to an aromatic ring is 1. The van der Waals surface area contributed by atoms with Gasteiger partial charge in [-0.1, -0.05) is 0 Å². The van der Waals surface area contributed by atoms with Crippen LogP contribution in [0.2, 0.25) is 0 Å². The van der Waals surface area contributed by atoms with Crippen molar-refractivity contribution in [2.24, 2.45) is 0 Å². The molecule has 0 bridgehead atoms. The Hall–Kier alpha value is -4.00. The summed E-state index contributed by atoms with van der Waals surface area (Å²) in [6.45, 7) is 4.09. The minimum absolute atomic E-state index is 0.125. The van der Waals surface area contributed by atoms with E-state index in [1.165, 1.54) is 12.4 Å². The van der Waals surface area contributed by atoms with E-state index in [0.29, 0.717) is 52.5 Å². The molecule has 146 valence electrons. The molecule has 0 spiro atoms. The SMILES string of the molecule is Cc1n[nH]cc1-c1c(F)cc(C)c2nc(CCNc3ncnc(N)c3C#N)[nH]c12. The summed E-state index contributed by atoms with van der Waals surface area (Å²) in [5.74, 6) is 0.847. The molecule has 3 heterocycles. The van der Waals surface area contributed by atoms with Gasteiger partial charge in [0.2, 0.25) is 0 Å². The van der Waals surface area contributed by atoms with Gasteiger partial charge in [0.25, 0.3) is 0 Å². The molecule has 0 atom stereocenters. The van der Waals surface area contributed by atoms with Gasteiger partial charge in [0, 0.05) is 30.3 Å². The number of hydrogen-bond acceptors (Lipinski definition) is 7. The lowest BCUT2D eigenvalue weighted by Gasteiger charge is -2.06. The van der Waals surface area contributed by atoms with Crippen LogP contribution in [0.5, 0.6) is 0 Å². The standard InChI is InChI=1S/C19H18FN9/c1-9-5-13(20)15(12-7-26-29-10(12)2)17-16(9)27-14(28-17)3-4-23-19-11(6-21)18(22)24-8-25-19/h5,7-8H,3-4H2,1-2H3,(H,26,29)(H,27,28)(H3,22,23,24,25). The third-order valence-corrected chi connectivity index (χ3v) is 4.70. The molecule has 0 saturated carbocycles. The molecule has 0 aliphatic rings. The van der Waals surface area contributed by atoms with Crippen molar-refractivity contribution in [2.45, 2.75) is 20.3 Å². The highest BCUT2D eigenvalue weighted by Crippen LogP contribution is 2.33. The maximum atomic E-state index is 14.8. The molecule has 0 aliphatic heterocycles. The second-order valence-corrected chi connectivity index (χ2v) is 6.61. The first-order chi connectivity index (χ1) is 14.0. The van der Waals surface area contributed by atoms with Gasteiger partial charge in [0.05, 0.1) is 16.7 Å². The summed E-state index contributed by atoms with van der Waals surface area (Å²) in [6.07, 6.45) is 3.48. The van der Waals surface area contributed by atoms with Crippen molar-refractivity contribution in [1.82, 2.24) is 30.1 Å². The molecule has 1 aromatic carbocycles. The fourth-order valence-corrected chi connectivity index (χ4v) is 3.27. The number of nitrogens with zero attached hydrogens (tertiary/aromatic N) is 5. The summed E-state index contributed by atoms with van der Waals surface area (Å²) < 4.78 is 14.8. The number of imidazole rings is 1. The van der Waals surface area contributed by atoms with E-state index >= 15 is 0 Å². The predicted molar refractivity (Wildman–Crippen MR) is 106 cm³/mol. The quantitative estimate of drug-likeness (QED) is 0.409. The average molecular weight is 391 g/mol. The molecule has 4 aromatic rings.